The molecule has 11 heteroatoms. The van der Waals surface area contributed by atoms with Crippen molar-refractivity contribution in [2.75, 3.05) is 6.61 Å². The van der Waals surface area contributed by atoms with Gasteiger partial charge >= 0.3 is 29.8 Å². The van der Waals surface area contributed by atoms with Crippen LogP contribution in [0.5, 0.6) is 0 Å². The molecule has 37 heavy (non-hydrogen) atoms. The first-order valence-electron chi connectivity index (χ1n) is 11.3. The summed E-state index contributed by atoms with van der Waals surface area (Å²) in [6.45, 7) is 2.93. The summed E-state index contributed by atoms with van der Waals surface area (Å²) in [5.74, 6) is -3.91. The molecular formula is C26H26O11. The minimum Gasteiger partial charge on any atom is -0.463 e. The predicted molar refractivity (Wildman–Crippen MR) is 124 cm³/mol. The van der Waals surface area contributed by atoms with E-state index in [1.54, 1.807) is 36.4 Å². The van der Waals surface area contributed by atoms with Gasteiger partial charge in [0.1, 0.15) is 12.7 Å². The number of ether oxygens (including phenoxy) is 6. The van der Waals surface area contributed by atoms with Crippen molar-refractivity contribution in [1.82, 2.24) is 0 Å². The molecule has 0 saturated carbocycles. The van der Waals surface area contributed by atoms with Crippen LogP contribution >= 0.6 is 0 Å². The lowest BCUT2D eigenvalue weighted by molar-refractivity contribution is -0.290. The van der Waals surface area contributed by atoms with E-state index < -0.39 is 67.2 Å². The van der Waals surface area contributed by atoms with Gasteiger partial charge in [0, 0.05) is 20.8 Å². The maximum absolute atomic E-state index is 12.9. The van der Waals surface area contributed by atoms with Crippen LogP contribution in [-0.4, -0.2) is 67.2 Å². The molecular weight excluding hydrogens is 488 g/mol. The van der Waals surface area contributed by atoms with Crippen molar-refractivity contribution in [2.45, 2.75) is 51.5 Å². The molecule has 1 fully saturated rings. The van der Waals surface area contributed by atoms with Crippen LogP contribution in [-0.2, 0) is 42.8 Å². The Bertz CT molecular complexity index is 1120. The van der Waals surface area contributed by atoms with Crippen LogP contribution in [0.15, 0.2) is 60.7 Å². The number of hydrogen-bond acceptors (Lipinski definition) is 11. The number of rotatable bonds is 8. The molecule has 0 unspecified atom stereocenters. The highest BCUT2D eigenvalue weighted by molar-refractivity contribution is 5.90. The summed E-state index contributed by atoms with van der Waals surface area (Å²) in [6.07, 6.45) is -7.27. The Labute approximate surface area is 212 Å². The van der Waals surface area contributed by atoms with Gasteiger partial charge in [-0.05, 0) is 24.3 Å². The summed E-state index contributed by atoms with van der Waals surface area (Å²) in [4.78, 5) is 61.2. The summed E-state index contributed by atoms with van der Waals surface area (Å²) in [5.41, 5.74) is 0.324. The Hall–Kier alpha value is -4.25. The van der Waals surface area contributed by atoms with Gasteiger partial charge in [-0.3, -0.25) is 14.4 Å². The van der Waals surface area contributed by atoms with E-state index in [2.05, 4.69) is 0 Å². The van der Waals surface area contributed by atoms with Crippen molar-refractivity contribution in [3.8, 4) is 0 Å². The summed E-state index contributed by atoms with van der Waals surface area (Å²) >= 11 is 0. The number of benzene rings is 2. The molecule has 2 aromatic carbocycles. The van der Waals surface area contributed by atoms with E-state index in [0.717, 1.165) is 20.8 Å². The third-order valence-electron chi connectivity index (χ3n) is 5.13. The molecule has 0 bridgehead atoms. The third-order valence-corrected chi connectivity index (χ3v) is 5.13. The summed E-state index contributed by atoms with van der Waals surface area (Å²) in [7, 11) is 0. The number of carbonyl (C=O) groups excluding carboxylic acids is 5. The highest BCUT2D eigenvalue weighted by Gasteiger charge is 2.54. The van der Waals surface area contributed by atoms with Gasteiger partial charge in [0.25, 0.3) is 0 Å². The summed E-state index contributed by atoms with van der Waals surface area (Å²) < 4.78 is 32.7. The zero-order chi connectivity index (χ0) is 26.9. The minimum absolute atomic E-state index is 0.156. The Morgan fingerprint density at radius 1 is 0.622 bits per heavy atom. The Morgan fingerprint density at radius 2 is 1.11 bits per heavy atom. The first kappa shape index (κ1) is 27.3. The zero-order valence-electron chi connectivity index (χ0n) is 20.4. The summed E-state index contributed by atoms with van der Waals surface area (Å²) in [5, 5.41) is 0. The lowest BCUT2D eigenvalue weighted by atomic mass is 9.98. The molecule has 0 radical (unpaired) electrons. The molecule has 0 amide bonds. The smallest absolute Gasteiger partial charge is 0.340 e. The van der Waals surface area contributed by atoms with Crippen molar-refractivity contribution >= 4 is 29.8 Å². The molecule has 0 aromatic heterocycles. The van der Waals surface area contributed by atoms with Crippen LogP contribution < -0.4 is 0 Å². The quantitative estimate of drug-likeness (QED) is 0.378. The normalized spacial score (nSPS) is 22.7. The molecule has 196 valence electrons. The third kappa shape index (κ3) is 7.61. The van der Waals surface area contributed by atoms with Crippen LogP contribution in [0.25, 0.3) is 0 Å². The Balaban J connectivity index is 2.00. The second-order valence-corrected chi connectivity index (χ2v) is 8.00. The molecule has 11 nitrogen and oxygen atoms in total. The van der Waals surface area contributed by atoms with Crippen LogP contribution in [0.1, 0.15) is 41.5 Å². The number of carbonyl (C=O) groups is 5. The predicted octanol–water partition coefficient (Wildman–Crippen LogP) is 2.22. The average Bonchev–Trinajstić information content (AvgIpc) is 2.86. The van der Waals surface area contributed by atoms with Gasteiger partial charge in [-0.15, -0.1) is 0 Å². The van der Waals surface area contributed by atoms with Gasteiger partial charge in [0.15, 0.2) is 12.2 Å². The Kier molecular flexibility index (Phi) is 9.33. The van der Waals surface area contributed by atoms with Gasteiger partial charge in [-0.2, -0.15) is 0 Å². The van der Waals surface area contributed by atoms with E-state index in [-0.39, 0.29) is 11.1 Å². The molecule has 1 aliphatic rings. The molecule has 1 heterocycles. The molecule has 1 saturated heterocycles. The van der Waals surface area contributed by atoms with Crippen molar-refractivity contribution in [1.29, 1.82) is 0 Å². The maximum atomic E-state index is 12.9. The van der Waals surface area contributed by atoms with Gasteiger partial charge in [0.2, 0.25) is 12.4 Å². The van der Waals surface area contributed by atoms with Gasteiger partial charge < -0.3 is 28.4 Å². The van der Waals surface area contributed by atoms with Crippen molar-refractivity contribution in [3.63, 3.8) is 0 Å². The summed E-state index contributed by atoms with van der Waals surface area (Å²) in [6, 6.07) is 15.8. The topological polar surface area (TPSA) is 141 Å². The average molecular weight is 514 g/mol. The maximum Gasteiger partial charge on any atom is 0.340 e. The van der Waals surface area contributed by atoms with E-state index in [1.807, 2.05) is 0 Å². The fraction of sp³-hybridized carbons (Fsp3) is 0.346. The fourth-order valence-corrected chi connectivity index (χ4v) is 3.61. The van der Waals surface area contributed by atoms with E-state index >= 15 is 0 Å². The second kappa shape index (κ2) is 12.6. The first-order valence-corrected chi connectivity index (χ1v) is 11.3. The van der Waals surface area contributed by atoms with Crippen molar-refractivity contribution in [2.24, 2.45) is 0 Å². The van der Waals surface area contributed by atoms with E-state index in [4.69, 9.17) is 28.4 Å². The lowest BCUT2D eigenvalue weighted by Gasteiger charge is -2.43. The van der Waals surface area contributed by atoms with Crippen molar-refractivity contribution in [3.05, 3.63) is 71.8 Å². The van der Waals surface area contributed by atoms with E-state index in [0.29, 0.717) is 0 Å². The van der Waals surface area contributed by atoms with Crippen LogP contribution in [0.2, 0.25) is 0 Å². The van der Waals surface area contributed by atoms with Gasteiger partial charge in [-0.25, -0.2) is 9.59 Å². The highest BCUT2D eigenvalue weighted by atomic mass is 16.7. The van der Waals surface area contributed by atoms with Gasteiger partial charge in [-0.1, -0.05) is 36.4 Å². The highest BCUT2D eigenvalue weighted by Crippen LogP contribution is 2.31. The fourth-order valence-electron chi connectivity index (χ4n) is 3.61. The molecule has 0 spiro atoms. The lowest BCUT2D eigenvalue weighted by Crippen LogP contribution is -2.63. The van der Waals surface area contributed by atoms with Crippen LogP contribution in [0.3, 0.4) is 0 Å². The molecule has 0 N–H and O–H groups in total. The van der Waals surface area contributed by atoms with Crippen molar-refractivity contribution < 1.29 is 52.4 Å². The molecule has 1 aliphatic heterocycles. The number of esters is 5. The van der Waals surface area contributed by atoms with E-state index in [1.165, 1.54) is 24.3 Å². The Morgan fingerprint density at radius 3 is 1.59 bits per heavy atom. The van der Waals surface area contributed by atoms with Crippen LogP contribution in [0, 0.1) is 0 Å². The molecule has 2 aromatic rings. The molecule has 0 aliphatic carbocycles. The zero-order valence-corrected chi connectivity index (χ0v) is 20.4. The monoisotopic (exact) mass is 514 g/mol. The SMILES string of the molecule is CC(=O)OC[C@H]1O[C@@H](OC(=O)c2ccccc2)[C@H](OC(=O)c2ccccc2)[C@@H](OC(C)=O)[C@H]1OC(C)=O. The number of hydrogen-bond donors (Lipinski definition) is 0. The first-order chi connectivity index (χ1) is 17.7. The molecule has 5 atom stereocenters. The largest absolute Gasteiger partial charge is 0.463 e. The standard InChI is InChI=1S/C26H26O11/c1-15(27)32-14-20-21(33-16(2)28)22(34-17(3)29)23(36-24(30)18-10-6-4-7-11-18)26(35-20)37-25(31)19-12-8-5-9-13-19/h4-13,20-23,26H,14H2,1-3H3/t20-,21+,22+,23-,26+/m1/s1. The van der Waals surface area contributed by atoms with Gasteiger partial charge in [0.05, 0.1) is 11.1 Å². The van der Waals surface area contributed by atoms with Crippen LogP contribution in [0.4, 0.5) is 0 Å². The minimum atomic E-state index is -1.63. The van der Waals surface area contributed by atoms with E-state index in [9.17, 15) is 24.0 Å². The molecule has 3 rings (SSSR count). The second-order valence-electron chi connectivity index (χ2n) is 8.00.